The maximum Gasteiger partial charge on any atom is 0.264 e. The summed E-state index contributed by atoms with van der Waals surface area (Å²) in [5.74, 6) is -0.480. The number of amides is 2. The molecule has 2 saturated heterocycles. The SMILES string of the molecule is C=CCN1C(=O)[C@]2(O[C@H](CCn3cc(CCO)nn3)[C@@H]([Si](C)(C)O)[C@@H]2C)c2cc(N3CCNCC3=O)ccc21. The highest BCUT2D eigenvalue weighted by Gasteiger charge is 2.66. The molecule has 0 radical (unpaired) electrons. The summed E-state index contributed by atoms with van der Waals surface area (Å²) >= 11 is 0. The molecule has 3 aliphatic rings. The smallest absolute Gasteiger partial charge is 0.264 e. The van der Waals surface area contributed by atoms with Gasteiger partial charge >= 0.3 is 0 Å². The highest BCUT2D eigenvalue weighted by Crippen LogP contribution is 2.60. The van der Waals surface area contributed by atoms with Crippen molar-refractivity contribution in [1.82, 2.24) is 20.3 Å². The van der Waals surface area contributed by atoms with E-state index in [0.29, 0.717) is 44.7 Å². The number of nitrogens with zero attached hydrogens (tertiary/aromatic N) is 5. The van der Waals surface area contributed by atoms with Crippen molar-refractivity contribution in [2.24, 2.45) is 5.92 Å². The minimum Gasteiger partial charge on any atom is -0.432 e. The standard InChI is InChI=1S/C27H38N6O5Si/c1-5-11-33-22-7-6-20(32-13-10-28-16-24(32)35)15-21(22)27(26(33)36)18(2)25(39(3,4)37)23(38-27)8-12-31-17-19(9-14-34)29-30-31/h5-7,15,17-18,23,25,28,34,37H,1,8-14,16H2,2-4H3/t18-,23+,25-,27+/m0/s1. The Hall–Kier alpha value is -2.90. The van der Waals surface area contributed by atoms with Crippen LogP contribution in [0.15, 0.2) is 37.1 Å². The number of hydrogen-bond donors (Lipinski definition) is 3. The van der Waals surface area contributed by atoms with E-state index in [4.69, 9.17) is 4.74 Å². The van der Waals surface area contributed by atoms with Gasteiger partial charge < -0.3 is 29.8 Å². The van der Waals surface area contributed by atoms with Crippen molar-refractivity contribution < 1.29 is 24.2 Å². The number of carbonyl (C=O) groups excluding carboxylic acids is 2. The zero-order valence-corrected chi connectivity index (χ0v) is 23.8. The summed E-state index contributed by atoms with van der Waals surface area (Å²) in [5, 5.41) is 20.6. The topological polar surface area (TPSA) is 133 Å². The molecule has 0 bridgehead atoms. The largest absolute Gasteiger partial charge is 0.432 e. The van der Waals surface area contributed by atoms with Gasteiger partial charge in [-0.1, -0.05) is 18.2 Å². The first-order valence-corrected chi connectivity index (χ1v) is 16.6. The van der Waals surface area contributed by atoms with Gasteiger partial charge in [0.05, 0.1) is 24.0 Å². The van der Waals surface area contributed by atoms with Crippen molar-refractivity contribution in [2.45, 2.75) is 56.7 Å². The molecule has 5 rings (SSSR count). The highest BCUT2D eigenvalue weighted by atomic mass is 28.4. The number of anilines is 2. The maximum absolute atomic E-state index is 14.3. The molecule has 1 spiro atoms. The van der Waals surface area contributed by atoms with Crippen molar-refractivity contribution in [3.05, 3.63) is 48.3 Å². The van der Waals surface area contributed by atoms with Crippen LogP contribution in [0.2, 0.25) is 18.6 Å². The Balaban J connectivity index is 1.53. The van der Waals surface area contributed by atoms with E-state index in [1.807, 2.05) is 38.2 Å². The Morgan fingerprint density at radius 1 is 1.33 bits per heavy atom. The lowest BCUT2D eigenvalue weighted by Gasteiger charge is -2.33. The molecule has 2 fully saturated rings. The molecule has 0 unspecified atom stereocenters. The van der Waals surface area contributed by atoms with Crippen LogP contribution < -0.4 is 15.1 Å². The molecular weight excluding hydrogens is 516 g/mol. The number of hydrogen-bond acceptors (Lipinski definition) is 8. The van der Waals surface area contributed by atoms with Gasteiger partial charge in [0.1, 0.15) is 0 Å². The van der Waals surface area contributed by atoms with Gasteiger partial charge in [0, 0.05) is 68.1 Å². The highest BCUT2D eigenvalue weighted by molar-refractivity contribution is 6.71. The molecule has 4 heterocycles. The zero-order chi connectivity index (χ0) is 27.9. The molecular formula is C27H38N6O5Si. The second-order valence-electron chi connectivity index (χ2n) is 11.2. The Kier molecular flexibility index (Phi) is 7.50. The van der Waals surface area contributed by atoms with E-state index in [2.05, 4.69) is 22.2 Å². The molecule has 3 aliphatic heterocycles. The molecule has 0 saturated carbocycles. The van der Waals surface area contributed by atoms with Crippen LogP contribution in [0.1, 0.15) is 24.6 Å². The third kappa shape index (κ3) is 4.74. The lowest BCUT2D eigenvalue weighted by molar-refractivity contribution is -0.145. The van der Waals surface area contributed by atoms with Crippen molar-refractivity contribution in [2.75, 3.05) is 42.6 Å². The molecule has 0 aliphatic carbocycles. The molecule has 2 aromatic rings. The molecule has 2 amide bonds. The second-order valence-corrected chi connectivity index (χ2v) is 15.2. The van der Waals surface area contributed by atoms with Gasteiger partial charge in [0.25, 0.3) is 5.91 Å². The quantitative estimate of drug-likeness (QED) is 0.311. The van der Waals surface area contributed by atoms with E-state index in [9.17, 15) is 19.5 Å². The second kappa shape index (κ2) is 10.6. The Bertz CT molecular complexity index is 1260. The molecule has 1 aromatic carbocycles. The lowest BCUT2D eigenvalue weighted by Crippen LogP contribution is -2.48. The first kappa shape index (κ1) is 27.7. The van der Waals surface area contributed by atoms with E-state index >= 15 is 0 Å². The Labute approximate surface area is 229 Å². The first-order chi connectivity index (χ1) is 18.6. The van der Waals surface area contributed by atoms with E-state index in [0.717, 1.165) is 16.9 Å². The molecule has 3 N–H and O–H groups in total. The summed E-state index contributed by atoms with van der Waals surface area (Å²) < 4.78 is 8.57. The van der Waals surface area contributed by atoms with E-state index in [-0.39, 0.29) is 42.5 Å². The van der Waals surface area contributed by atoms with Crippen molar-refractivity contribution in [3.8, 4) is 0 Å². The average molecular weight is 555 g/mol. The van der Waals surface area contributed by atoms with Crippen LogP contribution in [-0.2, 0) is 32.9 Å². The van der Waals surface area contributed by atoms with Crippen LogP contribution in [0.25, 0.3) is 0 Å². The molecule has 1 aromatic heterocycles. The predicted octanol–water partition coefficient (Wildman–Crippen LogP) is 1.17. The Morgan fingerprint density at radius 2 is 2.13 bits per heavy atom. The monoisotopic (exact) mass is 554 g/mol. The molecule has 4 atom stereocenters. The summed E-state index contributed by atoms with van der Waals surface area (Å²) in [6, 6.07) is 5.71. The van der Waals surface area contributed by atoms with Crippen LogP contribution in [0.5, 0.6) is 0 Å². The number of aromatic nitrogens is 3. The number of rotatable bonds is 9. The van der Waals surface area contributed by atoms with Gasteiger partial charge in [-0.2, -0.15) is 0 Å². The van der Waals surface area contributed by atoms with E-state index < -0.39 is 13.9 Å². The summed E-state index contributed by atoms with van der Waals surface area (Å²) in [7, 11) is -2.80. The fourth-order valence-corrected chi connectivity index (χ4v) is 9.23. The number of carbonyl (C=O) groups is 2. The average Bonchev–Trinajstić information content (AvgIpc) is 3.53. The van der Waals surface area contributed by atoms with E-state index in [1.165, 1.54) is 0 Å². The van der Waals surface area contributed by atoms with Crippen molar-refractivity contribution in [1.29, 1.82) is 0 Å². The molecule has 11 nitrogen and oxygen atoms in total. The van der Waals surface area contributed by atoms with Gasteiger partial charge in [-0.05, 0) is 37.7 Å². The number of ether oxygens (including phenoxy) is 1. The van der Waals surface area contributed by atoms with Gasteiger partial charge in [-0.25, -0.2) is 0 Å². The Morgan fingerprint density at radius 3 is 2.82 bits per heavy atom. The number of aryl methyl sites for hydroxylation is 1. The zero-order valence-electron chi connectivity index (χ0n) is 22.8. The number of benzene rings is 1. The summed E-state index contributed by atoms with van der Waals surface area (Å²) in [4.78, 5) is 41.9. The maximum atomic E-state index is 14.3. The third-order valence-electron chi connectivity index (χ3n) is 8.28. The van der Waals surface area contributed by atoms with Crippen LogP contribution in [0, 0.1) is 5.92 Å². The first-order valence-electron chi connectivity index (χ1n) is 13.6. The lowest BCUT2D eigenvalue weighted by atomic mass is 9.82. The number of nitrogens with one attached hydrogen (secondary N) is 1. The third-order valence-corrected chi connectivity index (χ3v) is 10.8. The van der Waals surface area contributed by atoms with Crippen LogP contribution in [-0.4, -0.2) is 83.9 Å². The summed E-state index contributed by atoms with van der Waals surface area (Å²) in [6.07, 6.45) is 4.08. The number of aliphatic hydroxyl groups excluding tert-OH is 1. The predicted molar refractivity (Wildman–Crippen MR) is 149 cm³/mol. The fourth-order valence-electron chi connectivity index (χ4n) is 6.63. The van der Waals surface area contributed by atoms with Gasteiger partial charge in [0.2, 0.25) is 5.91 Å². The van der Waals surface area contributed by atoms with Crippen LogP contribution >= 0.6 is 0 Å². The van der Waals surface area contributed by atoms with Gasteiger partial charge in [-0.15, -0.1) is 11.7 Å². The fraction of sp³-hybridized carbons (Fsp3) is 0.556. The number of fused-ring (bicyclic) bond motifs is 2. The summed E-state index contributed by atoms with van der Waals surface area (Å²) in [5.41, 5.74) is 1.43. The van der Waals surface area contributed by atoms with E-state index in [1.54, 1.807) is 26.8 Å². The molecule has 210 valence electrons. The summed E-state index contributed by atoms with van der Waals surface area (Å²) in [6.45, 7) is 12.0. The van der Waals surface area contributed by atoms with Gasteiger partial charge in [0.15, 0.2) is 13.9 Å². The van der Waals surface area contributed by atoms with Crippen LogP contribution in [0.3, 0.4) is 0 Å². The van der Waals surface area contributed by atoms with Crippen LogP contribution in [0.4, 0.5) is 11.4 Å². The number of aliphatic hydroxyl groups is 1. The van der Waals surface area contributed by atoms with Crippen molar-refractivity contribution >= 4 is 31.5 Å². The normalized spacial score (nSPS) is 27.1. The minimum absolute atomic E-state index is 0.00109. The van der Waals surface area contributed by atoms with Gasteiger partial charge in [-0.3, -0.25) is 14.3 Å². The molecule has 12 heteroatoms. The minimum atomic E-state index is -2.80. The number of piperazine rings is 1. The van der Waals surface area contributed by atoms with Crippen molar-refractivity contribution in [3.63, 3.8) is 0 Å². The molecule has 39 heavy (non-hydrogen) atoms.